The predicted octanol–water partition coefficient (Wildman–Crippen LogP) is 2.89. The molecule has 1 amide bonds. The van der Waals surface area contributed by atoms with Crippen LogP contribution in [0.2, 0.25) is 0 Å². The molecule has 1 N–H and O–H groups in total. The second-order valence-corrected chi connectivity index (χ2v) is 7.84. The van der Waals surface area contributed by atoms with Gasteiger partial charge in [0.2, 0.25) is 0 Å². The summed E-state index contributed by atoms with van der Waals surface area (Å²) in [5.41, 5.74) is 3.98. The van der Waals surface area contributed by atoms with Crippen molar-refractivity contribution in [1.82, 2.24) is 40.0 Å². The van der Waals surface area contributed by atoms with E-state index in [-0.39, 0.29) is 11.8 Å². The van der Waals surface area contributed by atoms with Crippen molar-refractivity contribution in [2.45, 2.75) is 19.4 Å². The van der Waals surface area contributed by atoms with E-state index in [1.807, 2.05) is 37.3 Å². The van der Waals surface area contributed by atoms with Gasteiger partial charge in [0, 0.05) is 36.4 Å². The molecule has 1 aliphatic rings. The number of rotatable bonds is 3. The number of amides is 1. The number of nitrogens with one attached hydrogen (secondary N) is 1. The number of aromatic nitrogens is 7. The molecule has 6 rings (SSSR count). The summed E-state index contributed by atoms with van der Waals surface area (Å²) in [6.45, 7) is 2.36. The number of aryl methyl sites for hydroxylation is 1. The van der Waals surface area contributed by atoms with Gasteiger partial charge in [-0.2, -0.15) is 0 Å². The van der Waals surface area contributed by atoms with Crippen molar-refractivity contribution in [3.63, 3.8) is 0 Å². The number of carbonyl (C=O) groups excluding carboxylic acids is 1. The molecule has 0 fully saturated rings. The molecule has 33 heavy (non-hydrogen) atoms. The molecule has 0 saturated carbocycles. The maximum atomic E-state index is 13.5. The highest BCUT2D eigenvalue weighted by Crippen LogP contribution is 2.33. The van der Waals surface area contributed by atoms with E-state index in [9.17, 15) is 4.79 Å². The van der Waals surface area contributed by atoms with Gasteiger partial charge in [0.05, 0.1) is 17.5 Å². The normalized spacial score (nSPS) is 15.5. The minimum Gasteiger partial charge on any atom is -0.411 e. The van der Waals surface area contributed by atoms with Crippen LogP contribution in [-0.2, 0) is 6.42 Å². The standard InChI is InChI=1S/C23H18N8O2/c1-13-6-7-17(24-10-13)21-29-30-22(33-21)23(32)31-9-8-16-18(27-12-26-16)19(31)20-25-11-14-4-2-3-5-15(14)28-20/h2-7,10-12,19H,8-9H2,1H3,(H,26,27)/t19-/m1/s1. The average molecular weight is 438 g/mol. The van der Waals surface area contributed by atoms with Crippen LogP contribution in [0.3, 0.4) is 0 Å². The molecule has 1 aliphatic heterocycles. The van der Waals surface area contributed by atoms with Crippen molar-refractivity contribution >= 4 is 16.8 Å². The number of aromatic amines is 1. The van der Waals surface area contributed by atoms with Crippen LogP contribution in [0.5, 0.6) is 0 Å². The molecule has 10 nitrogen and oxygen atoms in total. The molecule has 162 valence electrons. The summed E-state index contributed by atoms with van der Waals surface area (Å²) in [6.07, 6.45) is 5.71. The quantitative estimate of drug-likeness (QED) is 0.456. The lowest BCUT2D eigenvalue weighted by molar-refractivity contribution is 0.0643. The monoisotopic (exact) mass is 438 g/mol. The minimum absolute atomic E-state index is 0.114. The van der Waals surface area contributed by atoms with E-state index < -0.39 is 11.9 Å². The number of fused-ring (bicyclic) bond motifs is 2. The number of imidazole rings is 1. The smallest absolute Gasteiger partial charge is 0.312 e. The van der Waals surface area contributed by atoms with E-state index >= 15 is 0 Å². The number of para-hydroxylation sites is 1. The Kier molecular flexibility index (Phi) is 4.42. The molecule has 4 aromatic heterocycles. The van der Waals surface area contributed by atoms with Gasteiger partial charge in [-0.3, -0.25) is 9.78 Å². The molecule has 5 aromatic rings. The van der Waals surface area contributed by atoms with Gasteiger partial charge in [0.25, 0.3) is 5.89 Å². The van der Waals surface area contributed by atoms with Gasteiger partial charge in [-0.25, -0.2) is 15.0 Å². The number of hydrogen-bond donors (Lipinski definition) is 1. The van der Waals surface area contributed by atoms with Crippen LogP contribution >= 0.6 is 0 Å². The zero-order valence-corrected chi connectivity index (χ0v) is 17.6. The first kappa shape index (κ1) is 19.2. The lowest BCUT2D eigenvalue weighted by Crippen LogP contribution is -2.41. The summed E-state index contributed by atoms with van der Waals surface area (Å²) >= 11 is 0. The molecule has 0 bridgehead atoms. The molecular formula is C23H18N8O2. The van der Waals surface area contributed by atoms with E-state index in [2.05, 4.69) is 30.1 Å². The molecule has 0 aliphatic carbocycles. The average Bonchev–Trinajstić information content (AvgIpc) is 3.53. The highest BCUT2D eigenvalue weighted by molar-refractivity contribution is 5.90. The highest BCUT2D eigenvalue weighted by Gasteiger charge is 2.38. The summed E-state index contributed by atoms with van der Waals surface area (Å²) < 4.78 is 5.70. The van der Waals surface area contributed by atoms with Gasteiger partial charge >= 0.3 is 11.8 Å². The third kappa shape index (κ3) is 3.32. The molecular weight excluding hydrogens is 420 g/mol. The first-order valence-electron chi connectivity index (χ1n) is 10.5. The summed E-state index contributed by atoms with van der Waals surface area (Å²) in [4.78, 5) is 36.3. The van der Waals surface area contributed by atoms with Crippen LogP contribution in [-0.4, -0.2) is 52.5 Å². The third-order valence-electron chi connectivity index (χ3n) is 5.68. The SMILES string of the molecule is Cc1ccc(-c2nnc(C(=O)N3CCc4[nH]cnc4[C@@H]3c3ncc4ccccc4n3)o2)nc1. The Morgan fingerprint density at radius 1 is 1.09 bits per heavy atom. The molecule has 10 heteroatoms. The zero-order chi connectivity index (χ0) is 22.4. The summed E-state index contributed by atoms with van der Waals surface area (Å²) in [6, 6.07) is 10.8. The Bertz CT molecular complexity index is 1470. The number of pyridine rings is 1. The second kappa shape index (κ2) is 7.59. The largest absolute Gasteiger partial charge is 0.411 e. The van der Waals surface area contributed by atoms with Gasteiger partial charge in [-0.05, 0) is 24.6 Å². The van der Waals surface area contributed by atoms with Crippen molar-refractivity contribution in [3.05, 3.63) is 83.8 Å². The van der Waals surface area contributed by atoms with Crippen molar-refractivity contribution in [3.8, 4) is 11.6 Å². The predicted molar refractivity (Wildman–Crippen MR) is 117 cm³/mol. The molecule has 1 aromatic carbocycles. The van der Waals surface area contributed by atoms with Gasteiger partial charge in [0.1, 0.15) is 11.7 Å². The number of hydrogen-bond acceptors (Lipinski definition) is 8. The zero-order valence-electron chi connectivity index (χ0n) is 17.6. The van der Waals surface area contributed by atoms with Crippen molar-refractivity contribution < 1.29 is 9.21 Å². The highest BCUT2D eigenvalue weighted by atomic mass is 16.4. The van der Waals surface area contributed by atoms with Gasteiger partial charge < -0.3 is 14.3 Å². The summed E-state index contributed by atoms with van der Waals surface area (Å²) in [5, 5.41) is 8.94. The first-order chi connectivity index (χ1) is 16.2. The minimum atomic E-state index is -0.579. The molecule has 0 saturated heterocycles. The first-order valence-corrected chi connectivity index (χ1v) is 10.5. The van der Waals surface area contributed by atoms with Crippen LogP contribution in [0.25, 0.3) is 22.5 Å². The Morgan fingerprint density at radius 2 is 2.00 bits per heavy atom. The Balaban J connectivity index is 1.39. The lowest BCUT2D eigenvalue weighted by atomic mass is 10.0. The molecule has 0 unspecified atom stereocenters. The van der Waals surface area contributed by atoms with E-state index in [4.69, 9.17) is 9.40 Å². The van der Waals surface area contributed by atoms with E-state index in [1.165, 1.54) is 0 Å². The Hall–Kier alpha value is -4.47. The molecule has 0 radical (unpaired) electrons. The second-order valence-electron chi connectivity index (χ2n) is 7.84. The fourth-order valence-corrected chi connectivity index (χ4v) is 4.01. The fraction of sp³-hybridized carbons (Fsp3) is 0.174. The van der Waals surface area contributed by atoms with Crippen molar-refractivity contribution in [2.75, 3.05) is 6.54 Å². The summed E-state index contributed by atoms with van der Waals surface area (Å²) in [5.74, 6) is 0.151. The number of H-pyrrole nitrogens is 1. The third-order valence-corrected chi connectivity index (χ3v) is 5.68. The topological polar surface area (TPSA) is 127 Å². The van der Waals surface area contributed by atoms with Gasteiger partial charge in [-0.15, -0.1) is 10.2 Å². The van der Waals surface area contributed by atoms with E-state index in [1.54, 1.807) is 29.7 Å². The van der Waals surface area contributed by atoms with Crippen molar-refractivity contribution in [1.29, 1.82) is 0 Å². The number of nitrogens with zero attached hydrogens (tertiary/aromatic N) is 7. The van der Waals surface area contributed by atoms with Crippen molar-refractivity contribution in [2.24, 2.45) is 0 Å². The molecule has 5 heterocycles. The fourth-order valence-electron chi connectivity index (χ4n) is 4.01. The van der Waals surface area contributed by atoms with Crippen LogP contribution in [0, 0.1) is 6.92 Å². The molecule has 0 spiro atoms. The summed E-state index contributed by atoms with van der Waals surface area (Å²) in [7, 11) is 0. The Labute approximate surface area is 187 Å². The van der Waals surface area contributed by atoms with E-state index in [0.717, 1.165) is 22.2 Å². The lowest BCUT2D eigenvalue weighted by Gasteiger charge is -2.32. The number of benzene rings is 1. The van der Waals surface area contributed by atoms with Gasteiger partial charge in [0.15, 0.2) is 5.82 Å². The number of carbonyl (C=O) groups is 1. The van der Waals surface area contributed by atoms with Crippen LogP contribution in [0.1, 0.15) is 39.5 Å². The van der Waals surface area contributed by atoms with Crippen LogP contribution in [0.15, 0.2) is 59.5 Å². The van der Waals surface area contributed by atoms with Gasteiger partial charge in [-0.1, -0.05) is 24.3 Å². The maximum absolute atomic E-state index is 13.5. The van der Waals surface area contributed by atoms with E-state index in [0.29, 0.717) is 30.2 Å². The van der Waals surface area contributed by atoms with Crippen LogP contribution in [0.4, 0.5) is 0 Å². The Morgan fingerprint density at radius 3 is 2.88 bits per heavy atom. The maximum Gasteiger partial charge on any atom is 0.312 e. The van der Waals surface area contributed by atoms with Crippen LogP contribution < -0.4 is 0 Å². The molecule has 1 atom stereocenters.